The van der Waals surface area contributed by atoms with Gasteiger partial charge in [0.15, 0.2) is 6.04 Å². The van der Waals surface area contributed by atoms with E-state index in [-0.39, 0.29) is 35.4 Å². The number of carbonyl (C=O) groups is 13. The summed E-state index contributed by atoms with van der Waals surface area (Å²) in [6.45, 7) is 3.30. The lowest BCUT2D eigenvalue weighted by atomic mass is 10.0. The molecule has 0 fully saturated rings. The van der Waals surface area contributed by atoms with Crippen molar-refractivity contribution in [3.8, 4) is 23.7 Å². The van der Waals surface area contributed by atoms with Gasteiger partial charge in [0.2, 0.25) is 37.8 Å². The molecule has 0 aliphatic rings. The number of aliphatic hydroxyl groups is 1. The molecule has 0 radical (unpaired) electrons. The van der Waals surface area contributed by atoms with E-state index in [0.29, 0.717) is 129 Å². The van der Waals surface area contributed by atoms with E-state index >= 15 is 0 Å². The van der Waals surface area contributed by atoms with Gasteiger partial charge in [0.1, 0.15) is 24.2 Å². The largest absolute Gasteiger partial charge is 0.480 e. The van der Waals surface area contributed by atoms with Crippen LogP contribution in [-0.2, 0) is 90.2 Å². The smallest absolute Gasteiger partial charge is 0.330 e. The van der Waals surface area contributed by atoms with Gasteiger partial charge in [0.05, 0.1) is 47.6 Å². The van der Waals surface area contributed by atoms with Crippen molar-refractivity contribution >= 4 is 115 Å². The Morgan fingerprint density at radius 1 is 0.367 bits per heavy atom. The van der Waals surface area contributed by atoms with Crippen LogP contribution in [-0.4, -0.2) is 275 Å². The number of benzene rings is 7. The first kappa shape index (κ1) is 119. The number of sulfonamides is 2. The summed E-state index contributed by atoms with van der Waals surface area (Å²) < 4.78 is 66.5. The van der Waals surface area contributed by atoms with Crippen molar-refractivity contribution in [3.05, 3.63) is 267 Å². The number of carbonyl (C=O) groups excluding carboxylic acids is 12. The van der Waals surface area contributed by atoms with Crippen molar-refractivity contribution in [1.29, 1.82) is 0 Å². The number of aliphatic hydroxyl groups excluding tert-OH is 1. The molecule has 0 heterocycles. The molecular formula is C104H132N10O23S2. The molecule has 0 aromatic heterocycles. The lowest BCUT2D eigenvalue weighted by molar-refractivity contribution is -0.144. The number of nitrogens with one attached hydrogen (secondary N) is 5. The number of rotatable bonds is 43. The minimum atomic E-state index is -3.15. The second-order valence-electron chi connectivity index (χ2n) is 32.2. The molecule has 35 heteroatoms. The van der Waals surface area contributed by atoms with E-state index in [1.54, 1.807) is 175 Å². The Kier molecular flexibility index (Phi) is 55.4. The predicted molar refractivity (Wildman–Crippen MR) is 535 cm³/mol. The van der Waals surface area contributed by atoms with Crippen molar-refractivity contribution in [1.82, 2.24) is 49.9 Å². The first-order valence-electron chi connectivity index (χ1n) is 44.6. The van der Waals surface area contributed by atoms with Crippen molar-refractivity contribution in [2.24, 2.45) is 0 Å². The quantitative estimate of drug-likeness (QED) is 0.00808. The summed E-state index contributed by atoms with van der Waals surface area (Å²) in [4.78, 5) is 159. The molecule has 33 nitrogen and oxygen atoms in total. The Morgan fingerprint density at radius 3 is 0.978 bits per heavy atom. The van der Waals surface area contributed by atoms with Gasteiger partial charge in [-0.15, -0.1) is 0 Å². The maximum atomic E-state index is 12.7. The fourth-order valence-electron chi connectivity index (χ4n) is 12.0. The maximum absolute atomic E-state index is 12.7. The number of amides is 8. The molecule has 0 spiro atoms. The highest BCUT2D eigenvalue weighted by Crippen LogP contribution is 2.17. The monoisotopic (exact) mass is 1950 g/mol. The maximum Gasteiger partial charge on any atom is 0.330 e. The van der Waals surface area contributed by atoms with Crippen LogP contribution in [0, 0.1) is 23.7 Å². The molecule has 7 aromatic carbocycles. The van der Waals surface area contributed by atoms with Crippen LogP contribution in [0.15, 0.2) is 200 Å². The van der Waals surface area contributed by atoms with Gasteiger partial charge in [-0.25, -0.2) is 44.6 Å². The molecule has 0 aliphatic carbocycles. The zero-order chi connectivity index (χ0) is 104. The number of allylic oxidation sites excluding steroid dienone is 3. The van der Waals surface area contributed by atoms with Gasteiger partial charge in [0, 0.05) is 153 Å². The lowest BCUT2D eigenvalue weighted by Crippen LogP contribution is -2.44. The lowest BCUT2D eigenvalue weighted by Gasteiger charge is -2.17. The van der Waals surface area contributed by atoms with Gasteiger partial charge in [-0.2, -0.15) is 0 Å². The van der Waals surface area contributed by atoms with E-state index in [1.165, 1.54) is 56.5 Å². The van der Waals surface area contributed by atoms with Crippen LogP contribution in [0.5, 0.6) is 0 Å². The van der Waals surface area contributed by atoms with Crippen LogP contribution in [0.4, 0.5) is 0 Å². The molecule has 0 saturated heterocycles. The fourth-order valence-corrected chi connectivity index (χ4v) is 12.9. The molecule has 748 valence electrons. The second-order valence-corrected chi connectivity index (χ2v) is 36.4. The number of unbranched alkanes of at least 4 members (excludes halogenated alkanes) is 5. The molecule has 0 unspecified atom stereocenters. The van der Waals surface area contributed by atoms with Crippen LogP contribution < -0.4 is 26.6 Å². The number of nitrogens with zero attached hydrogens (tertiary/aromatic N) is 5. The van der Waals surface area contributed by atoms with E-state index in [4.69, 9.17) is 19.7 Å². The summed E-state index contributed by atoms with van der Waals surface area (Å²) in [6.07, 6.45) is 22.8. The first-order chi connectivity index (χ1) is 65.9. The molecule has 0 aliphatic heterocycles. The third-order valence-electron chi connectivity index (χ3n) is 20.3. The third-order valence-corrected chi connectivity index (χ3v) is 22.9. The highest BCUT2D eigenvalue weighted by atomic mass is 32.2. The summed E-state index contributed by atoms with van der Waals surface area (Å²) >= 11 is 0. The molecule has 0 bridgehead atoms. The number of carboxylic acid groups (broad SMARTS) is 1. The molecular weight excluding hydrogens is 1820 g/mol. The predicted octanol–water partition coefficient (Wildman–Crippen LogP) is 10.1. The Hall–Kier alpha value is -14.2. The van der Waals surface area contributed by atoms with Crippen LogP contribution >= 0.6 is 0 Å². The van der Waals surface area contributed by atoms with Crippen LogP contribution in [0.2, 0.25) is 0 Å². The van der Waals surface area contributed by atoms with Gasteiger partial charge < -0.3 is 70.4 Å². The zero-order valence-electron chi connectivity index (χ0n) is 81.9. The van der Waals surface area contributed by atoms with Gasteiger partial charge in [-0.3, -0.25) is 43.2 Å². The normalized spacial score (nSPS) is 11.9. The Bertz CT molecular complexity index is 5670. The molecule has 7 rings (SSSR count). The summed E-state index contributed by atoms with van der Waals surface area (Å²) in [5, 5.41) is 30.9. The summed E-state index contributed by atoms with van der Waals surface area (Å²) in [7, 11) is 12.2. The minimum Gasteiger partial charge on any atom is -0.480 e. The van der Waals surface area contributed by atoms with Crippen LogP contribution in [0.25, 0.3) is 18.2 Å². The molecule has 5 atom stereocenters. The number of hydrogen-bond donors (Lipinski definition) is 7. The average molecular weight is 1950 g/mol. The highest BCUT2D eigenvalue weighted by molar-refractivity contribution is 7.88. The molecule has 139 heavy (non-hydrogen) atoms. The van der Waals surface area contributed by atoms with E-state index in [1.807, 2.05) is 121 Å². The standard InChI is InChI=1S/C25H30N2O4.C25H28N2O4.C19H24N2O5.C18H26N2O5S.C17H24N2O5S/c2*1-27(2)23(28)16-9-5-8-11-19-14-10-15-21(17-19)24(29)26-22(25(30)31-3)18-20-12-6-4-7-13-20;1-21(2)17(23)11-6-4-5-8-14-9-7-10-15(12-14)18(24)20-16(13-22)19(25)26-3;1-14(18(22)25-3)19-17(21)16-11-8-10-15(13-16)9-6-5-7-12-20(2)26(4,23)24;1-13(17(21)22)18-16(20)15-10-7-9-14(12-15)8-5-4-6-11-19(2)25(3,23)24/h4,6-8,10-15,17,22H,5,9,16,18H2,1-3H3,(H,26,29);4,6-7,10,12-15,17,22H,5,9,16,18H2,1-3H3,(H,26,29);7,9-10,12,16,22H,4,6,11,13H2,1-3H3,(H,20,24);6,8-11,13-14H,5,7,12H2,1-4H3,(H,19,21);5,7-10,12-13H,4,6,11H2,1-3H3,(H,18,20)(H,21,22)/b11-8-;;;9-6-;8-5-/t2*22-;16-;14-;13-/m00111/s1. The van der Waals surface area contributed by atoms with Crippen LogP contribution in [0.1, 0.15) is 188 Å². The third kappa shape index (κ3) is 48.9. The Labute approximate surface area is 817 Å². The van der Waals surface area contributed by atoms with E-state index < -0.39 is 98.5 Å². The zero-order valence-corrected chi connectivity index (χ0v) is 83.6. The molecule has 8 amide bonds. The molecule has 0 saturated carbocycles. The fraction of sp³-hybridized carbons (Fsp3) is 0.375. The molecule has 7 aromatic rings. The Morgan fingerprint density at radius 2 is 0.662 bits per heavy atom. The van der Waals surface area contributed by atoms with E-state index in [0.717, 1.165) is 47.1 Å². The van der Waals surface area contributed by atoms with Crippen molar-refractivity contribution in [2.45, 2.75) is 140 Å². The van der Waals surface area contributed by atoms with Gasteiger partial charge in [0.25, 0.3) is 29.5 Å². The number of esters is 4. The molecule has 7 N–H and O–H groups in total. The number of hydrogen-bond acceptors (Lipinski definition) is 22. The van der Waals surface area contributed by atoms with Crippen molar-refractivity contribution in [2.75, 3.05) is 117 Å². The average Bonchev–Trinajstić information content (AvgIpc) is 0.863. The van der Waals surface area contributed by atoms with E-state index in [2.05, 4.69) is 59.7 Å². The number of carboxylic acids is 1. The topological polar surface area (TPSA) is 444 Å². The van der Waals surface area contributed by atoms with Crippen molar-refractivity contribution in [3.63, 3.8) is 0 Å². The van der Waals surface area contributed by atoms with Gasteiger partial charge in [-0.05, 0) is 166 Å². The SMILES string of the molecule is COC(=O)[C@@H](C)NC(=O)c1cccc(/C=C\CCCN(C)S(C)(=O)=O)c1.COC(=O)[C@@H](CO)NC(=O)c1cccc(C#CCCCC(=O)N(C)C)c1.COC(=O)[C@H](Cc1ccccc1)NC(=O)c1cccc(/C=C\CCCC(=O)N(C)C)c1.COC(=O)[C@H](Cc1ccccc1)NC(=O)c1cccc(C#CCCCC(=O)N(C)C)c1.C[C@@H](NC(=O)c1cccc(/C=C\CCCN(C)S(C)(=O)=O)c1)C(=O)O. The van der Waals surface area contributed by atoms with Crippen LogP contribution in [0.3, 0.4) is 0 Å². The minimum absolute atomic E-state index is 0.0644. The highest BCUT2D eigenvalue weighted by Gasteiger charge is 2.27. The van der Waals surface area contributed by atoms with E-state index in [9.17, 15) is 79.2 Å². The summed E-state index contributed by atoms with van der Waals surface area (Å²) in [5.74, 6) is 6.93. The van der Waals surface area contributed by atoms with Gasteiger partial charge in [-0.1, -0.05) is 169 Å². The summed E-state index contributed by atoms with van der Waals surface area (Å²) in [6, 6.07) is 49.1. The summed E-state index contributed by atoms with van der Waals surface area (Å²) in [5.41, 5.74) is 7.76. The number of methoxy groups -OCH3 is 4. The Balaban J connectivity index is 0.000000448. The number of aliphatic carboxylic acids is 1. The number of ether oxygens (including phenoxy) is 4. The second kappa shape index (κ2) is 64.7. The van der Waals surface area contributed by atoms with Gasteiger partial charge >= 0.3 is 29.8 Å². The first-order valence-corrected chi connectivity index (χ1v) is 48.3. The van der Waals surface area contributed by atoms with Crippen molar-refractivity contribution < 1.29 is 108 Å².